The summed E-state index contributed by atoms with van der Waals surface area (Å²) in [5.41, 5.74) is 1.23. The standard InChI is InChI=1S/C32H36N2O7S/c1-5-7-9-19-41-23-14-10-21(11-15-23)26-25(27(35)22-12-16-24(17-13-22)40-18-8-6-2)28(36)30(37)34(26)32-33-20(3)29(42-32)31(38)39-4/h10-17,26,35H,5-9,18-19H2,1-4H3/t26-/m0/s1. The molecule has 1 N–H and O–H groups in total. The summed E-state index contributed by atoms with van der Waals surface area (Å²) in [6.07, 6.45) is 5.02. The molecule has 1 aromatic heterocycles. The van der Waals surface area contributed by atoms with Crippen molar-refractivity contribution in [2.24, 2.45) is 0 Å². The van der Waals surface area contributed by atoms with Gasteiger partial charge in [-0.3, -0.25) is 14.5 Å². The summed E-state index contributed by atoms with van der Waals surface area (Å²) in [6, 6.07) is 12.8. The number of carbonyl (C=O) groups excluding carboxylic acids is 3. The average molecular weight is 593 g/mol. The summed E-state index contributed by atoms with van der Waals surface area (Å²) in [5.74, 6) is -1.32. The lowest BCUT2D eigenvalue weighted by molar-refractivity contribution is -0.132. The molecule has 10 heteroatoms. The first kappa shape index (κ1) is 30.8. The van der Waals surface area contributed by atoms with Crippen LogP contribution in [0.5, 0.6) is 11.5 Å². The molecule has 1 aliphatic heterocycles. The molecule has 2 aromatic carbocycles. The number of aromatic nitrogens is 1. The number of nitrogens with zero attached hydrogens (tertiary/aromatic N) is 2. The molecule has 0 aliphatic carbocycles. The van der Waals surface area contributed by atoms with Crippen LogP contribution in [0, 0.1) is 6.92 Å². The SMILES string of the molecule is CCCCCOc1ccc([C@H]2C(=C(O)c3ccc(OCCCC)cc3)C(=O)C(=O)N2c2nc(C)c(C(=O)OC)s2)cc1. The molecule has 1 fully saturated rings. The van der Waals surface area contributed by atoms with Crippen LogP contribution in [-0.2, 0) is 14.3 Å². The number of benzene rings is 2. The van der Waals surface area contributed by atoms with Crippen LogP contribution in [0.2, 0.25) is 0 Å². The number of Topliss-reactive ketones (excluding diaryl/α,β-unsaturated/α-hetero) is 1. The van der Waals surface area contributed by atoms with E-state index in [1.54, 1.807) is 55.5 Å². The molecule has 2 heterocycles. The van der Waals surface area contributed by atoms with E-state index in [4.69, 9.17) is 14.2 Å². The first-order valence-electron chi connectivity index (χ1n) is 14.1. The predicted molar refractivity (Wildman–Crippen MR) is 161 cm³/mol. The number of anilines is 1. The lowest BCUT2D eigenvalue weighted by Gasteiger charge is -2.23. The van der Waals surface area contributed by atoms with Crippen LogP contribution < -0.4 is 14.4 Å². The number of aliphatic hydroxyl groups excluding tert-OH is 1. The number of rotatable bonds is 13. The number of thiazole rings is 1. The molecule has 0 unspecified atom stereocenters. The first-order chi connectivity index (χ1) is 20.3. The number of ether oxygens (including phenoxy) is 3. The third kappa shape index (κ3) is 6.65. The van der Waals surface area contributed by atoms with E-state index < -0.39 is 23.7 Å². The van der Waals surface area contributed by atoms with Gasteiger partial charge < -0.3 is 19.3 Å². The second kappa shape index (κ2) is 14.1. The highest BCUT2D eigenvalue weighted by atomic mass is 32.1. The van der Waals surface area contributed by atoms with Gasteiger partial charge in [0, 0.05) is 5.56 Å². The number of carbonyl (C=O) groups is 3. The molecule has 9 nitrogen and oxygen atoms in total. The second-order valence-corrected chi connectivity index (χ2v) is 10.9. The fraction of sp³-hybridized carbons (Fsp3) is 0.375. The molecule has 222 valence electrons. The Kier molecular flexibility index (Phi) is 10.4. The maximum atomic E-state index is 13.5. The number of methoxy groups -OCH3 is 1. The van der Waals surface area contributed by atoms with Gasteiger partial charge in [-0.25, -0.2) is 9.78 Å². The summed E-state index contributed by atoms with van der Waals surface area (Å²) < 4.78 is 16.4. The minimum atomic E-state index is -0.990. The van der Waals surface area contributed by atoms with E-state index in [1.165, 1.54) is 12.0 Å². The van der Waals surface area contributed by atoms with Crippen molar-refractivity contribution in [2.45, 2.75) is 58.9 Å². The molecule has 0 saturated carbocycles. The molecule has 1 atom stereocenters. The quantitative estimate of drug-likeness (QED) is 0.0775. The van der Waals surface area contributed by atoms with Gasteiger partial charge in [-0.2, -0.15) is 0 Å². The monoisotopic (exact) mass is 592 g/mol. The van der Waals surface area contributed by atoms with Crippen molar-refractivity contribution in [3.05, 3.63) is 75.8 Å². The van der Waals surface area contributed by atoms with Gasteiger partial charge in [-0.1, -0.05) is 56.6 Å². The third-order valence-electron chi connectivity index (χ3n) is 6.91. The lowest BCUT2D eigenvalue weighted by atomic mass is 9.95. The Morgan fingerprint density at radius 3 is 2.12 bits per heavy atom. The molecule has 1 amide bonds. The van der Waals surface area contributed by atoms with Crippen LogP contribution in [0.15, 0.2) is 54.1 Å². The smallest absolute Gasteiger partial charge is 0.350 e. The fourth-order valence-electron chi connectivity index (χ4n) is 4.60. The normalized spacial score (nSPS) is 16.1. The van der Waals surface area contributed by atoms with Crippen molar-refractivity contribution in [2.75, 3.05) is 25.2 Å². The molecule has 1 aliphatic rings. The highest BCUT2D eigenvalue weighted by Gasteiger charge is 2.48. The van der Waals surface area contributed by atoms with Crippen LogP contribution >= 0.6 is 11.3 Å². The van der Waals surface area contributed by atoms with Crippen molar-refractivity contribution in [3.8, 4) is 11.5 Å². The van der Waals surface area contributed by atoms with Gasteiger partial charge >= 0.3 is 11.9 Å². The summed E-state index contributed by atoms with van der Waals surface area (Å²) in [4.78, 5) is 45.2. The fourth-order valence-corrected chi connectivity index (χ4v) is 5.61. The van der Waals surface area contributed by atoms with E-state index in [1.807, 2.05) is 0 Å². The van der Waals surface area contributed by atoms with Gasteiger partial charge in [0.2, 0.25) is 0 Å². The Bertz CT molecular complexity index is 1440. The van der Waals surface area contributed by atoms with Gasteiger partial charge in [-0.15, -0.1) is 0 Å². The summed E-state index contributed by atoms with van der Waals surface area (Å²) in [7, 11) is 1.26. The zero-order valence-corrected chi connectivity index (χ0v) is 25.2. The molecule has 1 saturated heterocycles. The minimum Gasteiger partial charge on any atom is -0.507 e. The molecule has 0 spiro atoms. The summed E-state index contributed by atoms with van der Waals surface area (Å²) in [5, 5.41) is 11.6. The minimum absolute atomic E-state index is 0.0799. The largest absolute Gasteiger partial charge is 0.507 e. The Balaban J connectivity index is 1.76. The predicted octanol–water partition coefficient (Wildman–Crippen LogP) is 6.61. The molecular weight excluding hydrogens is 556 g/mol. The van der Waals surface area contributed by atoms with Crippen molar-refractivity contribution in [3.63, 3.8) is 0 Å². The Labute approximate surface area is 249 Å². The van der Waals surface area contributed by atoms with E-state index in [-0.39, 0.29) is 21.3 Å². The number of hydrogen-bond acceptors (Lipinski definition) is 9. The van der Waals surface area contributed by atoms with Crippen molar-refractivity contribution < 1.29 is 33.7 Å². The van der Waals surface area contributed by atoms with E-state index in [0.717, 1.165) is 43.4 Å². The van der Waals surface area contributed by atoms with E-state index in [2.05, 4.69) is 18.8 Å². The summed E-state index contributed by atoms with van der Waals surface area (Å²) >= 11 is 0.955. The number of unbranched alkanes of at least 4 members (excludes halogenated alkanes) is 3. The van der Waals surface area contributed by atoms with Crippen molar-refractivity contribution >= 4 is 39.9 Å². The molecule has 0 bridgehead atoms. The molecular formula is C32H36N2O7S. The van der Waals surface area contributed by atoms with Crippen molar-refractivity contribution in [1.29, 1.82) is 0 Å². The number of hydrogen-bond donors (Lipinski definition) is 1. The van der Waals surface area contributed by atoms with Gasteiger partial charge in [-0.05, 0) is 61.7 Å². The number of aryl methyl sites for hydroxylation is 1. The van der Waals surface area contributed by atoms with Crippen LogP contribution in [0.1, 0.15) is 78.5 Å². The van der Waals surface area contributed by atoms with E-state index in [9.17, 15) is 19.5 Å². The van der Waals surface area contributed by atoms with E-state index >= 15 is 0 Å². The zero-order chi connectivity index (χ0) is 30.2. The third-order valence-corrected chi connectivity index (χ3v) is 8.05. The molecule has 3 aromatic rings. The second-order valence-electron chi connectivity index (χ2n) is 9.92. The topological polar surface area (TPSA) is 115 Å². The zero-order valence-electron chi connectivity index (χ0n) is 24.3. The molecule has 0 radical (unpaired) electrons. The summed E-state index contributed by atoms with van der Waals surface area (Å²) in [6.45, 7) is 6.99. The first-order valence-corrected chi connectivity index (χ1v) is 14.9. The van der Waals surface area contributed by atoms with Gasteiger partial charge in [0.1, 0.15) is 22.1 Å². The highest BCUT2D eigenvalue weighted by Crippen LogP contribution is 2.44. The van der Waals surface area contributed by atoms with Gasteiger partial charge in [0.15, 0.2) is 5.13 Å². The molecule has 42 heavy (non-hydrogen) atoms. The van der Waals surface area contributed by atoms with Crippen molar-refractivity contribution in [1.82, 2.24) is 4.98 Å². The molecule has 4 rings (SSSR count). The van der Waals surface area contributed by atoms with Crippen LogP contribution in [0.3, 0.4) is 0 Å². The Morgan fingerprint density at radius 2 is 1.52 bits per heavy atom. The lowest BCUT2D eigenvalue weighted by Crippen LogP contribution is -2.29. The van der Waals surface area contributed by atoms with Crippen LogP contribution in [0.4, 0.5) is 5.13 Å². The van der Waals surface area contributed by atoms with Gasteiger partial charge in [0.25, 0.3) is 5.78 Å². The number of ketones is 1. The number of amides is 1. The maximum absolute atomic E-state index is 13.5. The van der Waals surface area contributed by atoms with E-state index in [0.29, 0.717) is 41.5 Å². The average Bonchev–Trinajstić information content (AvgIpc) is 3.51. The Morgan fingerprint density at radius 1 is 0.929 bits per heavy atom. The van der Waals surface area contributed by atoms with Gasteiger partial charge in [0.05, 0.1) is 37.6 Å². The maximum Gasteiger partial charge on any atom is 0.350 e. The van der Waals surface area contributed by atoms with Crippen LogP contribution in [0.25, 0.3) is 5.76 Å². The number of aliphatic hydroxyl groups is 1. The number of esters is 1. The highest BCUT2D eigenvalue weighted by molar-refractivity contribution is 7.17. The Hall–Kier alpha value is -4.18. The van der Waals surface area contributed by atoms with Crippen LogP contribution in [-0.4, -0.2) is 48.1 Å².